The molecule has 1 aromatic heterocycles. The predicted octanol–water partition coefficient (Wildman–Crippen LogP) is 5.51. The number of thiophene rings is 1. The fraction of sp³-hybridized carbons (Fsp3) is 0.583. The predicted molar refractivity (Wildman–Crippen MR) is 127 cm³/mol. The highest BCUT2D eigenvalue weighted by atomic mass is 32.2. The summed E-state index contributed by atoms with van der Waals surface area (Å²) < 4.78 is 27.2. The molecule has 1 saturated heterocycles. The first-order valence-electron chi connectivity index (χ1n) is 11.1. The highest BCUT2D eigenvalue weighted by Crippen LogP contribution is 2.35. The number of nitrogens with zero attached hydrogens (tertiary/aromatic N) is 1. The summed E-state index contributed by atoms with van der Waals surface area (Å²) in [7, 11) is -3.26. The van der Waals surface area contributed by atoms with Gasteiger partial charge in [0.05, 0.1) is 17.5 Å². The Bertz CT molecular complexity index is 889. The Hall–Kier alpha value is -1.37. The molecule has 0 saturated carbocycles. The quantitative estimate of drug-likeness (QED) is 0.520. The minimum atomic E-state index is -3.26. The zero-order valence-corrected chi connectivity index (χ0v) is 20.0. The van der Waals surface area contributed by atoms with Crippen molar-refractivity contribution in [2.24, 2.45) is 0 Å². The van der Waals surface area contributed by atoms with Crippen LogP contribution in [0.5, 0.6) is 0 Å². The molecule has 1 aliphatic rings. The number of anilines is 1. The van der Waals surface area contributed by atoms with Crippen molar-refractivity contribution in [3.05, 3.63) is 52.2 Å². The van der Waals surface area contributed by atoms with Crippen LogP contribution in [-0.4, -0.2) is 31.4 Å². The zero-order chi connectivity index (χ0) is 21.8. The van der Waals surface area contributed by atoms with Gasteiger partial charge in [-0.15, -0.1) is 11.3 Å². The average molecular weight is 450 g/mol. The maximum Gasteiger partial charge on any atom is 0.235 e. The first-order chi connectivity index (χ1) is 14.3. The number of hydrogen-bond donors (Lipinski definition) is 1. The van der Waals surface area contributed by atoms with Crippen molar-refractivity contribution in [3.8, 4) is 0 Å². The summed E-state index contributed by atoms with van der Waals surface area (Å²) >= 11 is 1.76. The van der Waals surface area contributed by atoms with Crippen LogP contribution >= 0.6 is 11.3 Å². The van der Waals surface area contributed by atoms with Gasteiger partial charge in [0.25, 0.3) is 0 Å². The Kier molecular flexibility index (Phi) is 7.64. The van der Waals surface area contributed by atoms with Crippen molar-refractivity contribution in [2.75, 3.05) is 10.1 Å². The molecule has 4 nitrogen and oxygen atoms in total. The van der Waals surface area contributed by atoms with Crippen molar-refractivity contribution < 1.29 is 13.5 Å². The fourth-order valence-corrected chi connectivity index (χ4v) is 6.94. The molecule has 2 aromatic rings. The maximum absolute atomic E-state index is 12.8. The molecule has 2 heterocycles. The third-order valence-corrected chi connectivity index (χ3v) is 9.21. The molecule has 30 heavy (non-hydrogen) atoms. The lowest BCUT2D eigenvalue weighted by molar-refractivity contribution is 0.0890. The molecule has 3 rings (SSSR count). The zero-order valence-electron chi connectivity index (χ0n) is 18.4. The van der Waals surface area contributed by atoms with Crippen LogP contribution in [0.15, 0.2) is 41.8 Å². The second kappa shape index (κ2) is 9.84. The summed E-state index contributed by atoms with van der Waals surface area (Å²) in [5.74, 6) is 0.222. The Morgan fingerprint density at radius 3 is 2.57 bits per heavy atom. The second-order valence-electron chi connectivity index (χ2n) is 8.95. The number of aryl methyl sites for hydroxylation is 1. The van der Waals surface area contributed by atoms with Crippen molar-refractivity contribution >= 4 is 27.0 Å². The number of benzene rings is 1. The Morgan fingerprint density at radius 1 is 1.20 bits per heavy atom. The molecule has 2 unspecified atom stereocenters. The van der Waals surface area contributed by atoms with Gasteiger partial charge >= 0.3 is 0 Å². The molecule has 1 N–H and O–H groups in total. The Balaban J connectivity index is 1.71. The van der Waals surface area contributed by atoms with E-state index >= 15 is 0 Å². The number of unbranched alkanes of at least 4 members (excludes halogenated alkanes) is 1. The van der Waals surface area contributed by atoms with Crippen LogP contribution in [0.3, 0.4) is 0 Å². The van der Waals surface area contributed by atoms with Crippen LogP contribution in [0.4, 0.5) is 5.69 Å². The summed E-state index contributed by atoms with van der Waals surface area (Å²) in [5.41, 5.74) is 1.43. The fourth-order valence-electron chi connectivity index (χ4n) is 4.32. The van der Waals surface area contributed by atoms with Gasteiger partial charge in [0.1, 0.15) is 0 Å². The lowest BCUT2D eigenvalue weighted by Crippen LogP contribution is -2.35. The molecule has 2 atom stereocenters. The highest BCUT2D eigenvalue weighted by molar-refractivity contribution is 7.93. The van der Waals surface area contributed by atoms with Crippen LogP contribution < -0.4 is 4.31 Å². The number of hydrogen-bond acceptors (Lipinski definition) is 4. The first kappa shape index (κ1) is 23.3. The molecule has 6 heteroatoms. The van der Waals surface area contributed by atoms with Gasteiger partial charge in [0, 0.05) is 16.3 Å². The molecule has 0 amide bonds. The van der Waals surface area contributed by atoms with Gasteiger partial charge in [0.15, 0.2) is 0 Å². The maximum atomic E-state index is 12.8. The van der Waals surface area contributed by atoms with Gasteiger partial charge < -0.3 is 5.11 Å². The van der Waals surface area contributed by atoms with E-state index in [1.165, 1.54) is 4.88 Å². The van der Waals surface area contributed by atoms with E-state index in [0.29, 0.717) is 6.42 Å². The molecule has 1 fully saturated rings. The Labute approximate surface area is 186 Å². The number of sulfonamides is 1. The largest absolute Gasteiger partial charge is 0.392 e. The molecular formula is C24H35NO3S2. The molecule has 1 aromatic carbocycles. The number of rotatable bonds is 10. The third-order valence-electron chi connectivity index (χ3n) is 6.41. The smallest absolute Gasteiger partial charge is 0.235 e. The lowest BCUT2D eigenvalue weighted by Gasteiger charge is -2.32. The molecule has 166 valence electrons. The van der Waals surface area contributed by atoms with E-state index in [-0.39, 0.29) is 17.2 Å². The van der Waals surface area contributed by atoms with E-state index in [2.05, 4.69) is 38.3 Å². The van der Waals surface area contributed by atoms with Crippen LogP contribution in [0.25, 0.3) is 0 Å². The van der Waals surface area contributed by atoms with E-state index in [4.69, 9.17) is 0 Å². The first-order valence-corrected chi connectivity index (χ1v) is 13.6. The molecule has 0 aliphatic carbocycles. The average Bonchev–Trinajstić information content (AvgIpc) is 3.33. The molecular weight excluding hydrogens is 414 g/mol. The highest BCUT2D eigenvalue weighted by Gasteiger charge is 2.37. The minimum Gasteiger partial charge on any atom is -0.392 e. The molecule has 1 aliphatic heterocycles. The lowest BCUT2D eigenvalue weighted by atomic mass is 9.77. The van der Waals surface area contributed by atoms with Crippen LogP contribution in [0.2, 0.25) is 0 Å². The van der Waals surface area contributed by atoms with E-state index in [1.54, 1.807) is 15.6 Å². The summed E-state index contributed by atoms with van der Waals surface area (Å²) in [6.45, 7) is 6.24. The molecule has 0 spiro atoms. The number of aliphatic hydroxyl groups excluding tert-OH is 1. The van der Waals surface area contributed by atoms with Crippen molar-refractivity contribution in [1.82, 2.24) is 0 Å². The summed E-state index contributed by atoms with van der Waals surface area (Å²) in [6.07, 6.45) is 5.99. The van der Waals surface area contributed by atoms with E-state index in [9.17, 15) is 13.5 Å². The van der Waals surface area contributed by atoms with Crippen LogP contribution in [0, 0.1) is 0 Å². The Morgan fingerprint density at radius 2 is 1.93 bits per heavy atom. The van der Waals surface area contributed by atoms with E-state index in [0.717, 1.165) is 49.8 Å². The number of aliphatic hydroxyl groups is 1. The summed E-state index contributed by atoms with van der Waals surface area (Å²) in [5, 5.41) is 12.7. The monoisotopic (exact) mass is 449 g/mol. The van der Waals surface area contributed by atoms with Gasteiger partial charge in [-0.3, -0.25) is 4.31 Å². The van der Waals surface area contributed by atoms with Gasteiger partial charge in [-0.1, -0.05) is 51.8 Å². The normalized spacial score (nSPS) is 19.9. The summed E-state index contributed by atoms with van der Waals surface area (Å²) in [4.78, 5) is 1.36. The standard InChI is InChI=1S/C24H35NO3S2/c1-4-5-11-23(26)24(2,3)19-12-14-21(15-13-19)25-20(16-18-30(25,27)28)8-6-9-22-10-7-17-29-22/h7,10,12-15,17,20,23,26H,4-6,8-9,11,16,18H2,1-3H3. The van der Waals surface area contributed by atoms with Gasteiger partial charge in [-0.2, -0.15) is 0 Å². The van der Waals surface area contributed by atoms with Crippen molar-refractivity contribution in [3.63, 3.8) is 0 Å². The van der Waals surface area contributed by atoms with Crippen LogP contribution in [0.1, 0.15) is 69.7 Å². The van der Waals surface area contributed by atoms with E-state index < -0.39 is 16.1 Å². The van der Waals surface area contributed by atoms with Gasteiger partial charge in [-0.05, 0) is 61.2 Å². The SMILES string of the molecule is CCCCC(O)C(C)(C)c1ccc(N2C(CCCc3cccs3)CCS2(=O)=O)cc1. The van der Waals surface area contributed by atoms with E-state index in [1.807, 2.05) is 24.3 Å². The molecule has 0 bridgehead atoms. The van der Waals surface area contributed by atoms with Crippen molar-refractivity contribution in [2.45, 2.75) is 83.3 Å². The van der Waals surface area contributed by atoms with Gasteiger partial charge in [0.2, 0.25) is 10.0 Å². The van der Waals surface area contributed by atoms with Crippen LogP contribution in [-0.2, 0) is 21.9 Å². The van der Waals surface area contributed by atoms with Crippen molar-refractivity contribution in [1.29, 1.82) is 0 Å². The summed E-state index contributed by atoms with van der Waals surface area (Å²) in [6, 6.07) is 12.0. The minimum absolute atomic E-state index is 0.0315. The second-order valence-corrected chi connectivity index (χ2v) is 12.0. The molecule has 0 radical (unpaired) electrons. The van der Waals surface area contributed by atoms with Gasteiger partial charge in [-0.25, -0.2) is 8.42 Å². The third kappa shape index (κ3) is 5.27. The topological polar surface area (TPSA) is 57.6 Å².